The second-order valence-corrected chi connectivity index (χ2v) is 9.57. The van der Waals surface area contributed by atoms with Gasteiger partial charge in [0.15, 0.2) is 0 Å². The molecule has 0 aromatic carbocycles. The highest BCUT2D eigenvalue weighted by Gasteiger charge is 2.38. The summed E-state index contributed by atoms with van der Waals surface area (Å²) < 4.78 is 29.3. The summed E-state index contributed by atoms with van der Waals surface area (Å²) in [5.41, 5.74) is 0. The molecule has 0 amide bonds. The molecule has 0 bridgehead atoms. The van der Waals surface area contributed by atoms with Crippen molar-refractivity contribution in [2.45, 2.75) is 56.7 Å². The normalized spacial score (nSPS) is 31.9. The molecule has 3 fully saturated rings. The van der Waals surface area contributed by atoms with E-state index >= 15 is 0 Å². The number of thioether (sulfide) groups is 1. The summed E-state index contributed by atoms with van der Waals surface area (Å²) in [4.78, 5) is 0. The Balaban J connectivity index is 1.67. The second kappa shape index (κ2) is 6.74. The molecular weight excluding hydrogens is 306 g/mol. The van der Waals surface area contributed by atoms with Crippen molar-refractivity contribution in [1.82, 2.24) is 13.9 Å². The van der Waals surface area contributed by atoms with Crippen LogP contribution in [-0.2, 0) is 10.2 Å². The summed E-state index contributed by atoms with van der Waals surface area (Å²) >= 11 is 1.86. The molecule has 5 nitrogen and oxygen atoms in total. The van der Waals surface area contributed by atoms with Gasteiger partial charge in [-0.3, -0.25) is 0 Å². The number of piperidine rings is 1. The van der Waals surface area contributed by atoms with Gasteiger partial charge in [0.05, 0.1) is 0 Å². The number of rotatable bonds is 6. The molecule has 0 spiro atoms. The largest absolute Gasteiger partial charge is 0.312 e. The molecule has 7 heteroatoms. The Labute approximate surface area is 133 Å². The molecule has 3 rings (SSSR count). The molecule has 21 heavy (non-hydrogen) atoms. The Kier molecular flexibility index (Phi) is 5.15. The molecule has 1 N–H and O–H groups in total. The van der Waals surface area contributed by atoms with Gasteiger partial charge in [0.25, 0.3) is 10.2 Å². The monoisotopic (exact) mass is 333 g/mol. The molecule has 2 atom stereocenters. The molecule has 2 heterocycles. The summed E-state index contributed by atoms with van der Waals surface area (Å²) in [5.74, 6) is 2.02. The van der Waals surface area contributed by atoms with Gasteiger partial charge < -0.3 is 5.32 Å². The molecule has 1 saturated carbocycles. The highest BCUT2D eigenvalue weighted by atomic mass is 32.2. The molecule has 2 aliphatic heterocycles. The predicted molar refractivity (Wildman–Crippen MR) is 87.8 cm³/mol. The van der Waals surface area contributed by atoms with E-state index in [1.807, 2.05) is 11.8 Å². The van der Waals surface area contributed by atoms with Crippen LogP contribution in [0, 0.1) is 0 Å². The van der Waals surface area contributed by atoms with Crippen molar-refractivity contribution in [2.24, 2.45) is 0 Å². The lowest BCUT2D eigenvalue weighted by molar-refractivity contribution is 0.223. The van der Waals surface area contributed by atoms with Crippen molar-refractivity contribution in [2.75, 3.05) is 31.6 Å². The van der Waals surface area contributed by atoms with E-state index in [0.29, 0.717) is 12.6 Å². The van der Waals surface area contributed by atoms with Crippen LogP contribution < -0.4 is 5.32 Å². The van der Waals surface area contributed by atoms with Crippen molar-refractivity contribution >= 4 is 22.0 Å². The van der Waals surface area contributed by atoms with Crippen LogP contribution in [0.5, 0.6) is 0 Å². The van der Waals surface area contributed by atoms with Gasteiger partial charge in [0.1, 0.15) is 0 Å². The fourth-order valence-corrected chi connectivity index (χ4v) is 6.40. The van der Waals surface area contributed by atoms with Crippen molar-refractivity contribution in [1.29, 1.82) is 0 Å². The van der Waals surface area contributed by atoms with Crippen LogP contribution in [0.25, 0.3) is 0 Å². The fourth-order valence-electron chi connectivity index (χ4n) is 3.23. The summed E-state index contributed by atoms with van der Waals surface area (Å²) in [6, 6.07) is 0.959. The second-order valence-electron chi connectivity index (χ2n) is 6.48. The first-order valence-electron chi connectivity index (χ1n) is 8.15. The van der Waals surface area contributed by atoms with Gasteiger partial charge >= 0.3 is 0 Å². The van der Waals surface area contributed by atoms with Crippen LogP contribution in [0.15, 0.2) is 0 Å². The van der Waals surface area contributed by atoms with Gasteiger partial charge in [-0.1, -0.05) is 6.42 Å². The number of nitrogens with one attached hydrogen (secondary N) is 1. The van der Waals surface area contributed by atoms with E-state index in [4.69, 9.17) is 0 Å². The van der Waals surface area contributed by atoms with E-state index in [9.17, 15) is 8.42 Å². The van der Waals surface area contributed by atoms with Gasteiger partial charge in [-0.25, -0.2) is 0 Å². The zero-order chi connectivity index (χ0) is 14.9. The highest BCUT2D eigenvalue weighted by molar-refractivity contribution is 7.99. The minimum absolute atomic E-state index is 0.140. The van der Waals surface area contributed by atoms with Crippen LogP contribution in [0.4, 0.5) is 0 Å². The average molecular weight is 334 g/mol. The van der Waals surface area contributed by atoms with Crippen LogP contribution in [-0.4, -0.2) is 66.8 Å². The van der Waals surface area contributed by atoms with E-state index in [-0.39, 0.29) is 12.1 Å². The molecular formula is C14H27N3O2S2. The first kappa shape index (κ1) is 16.1. The topological polar surface area (TPSA) is 52.7 Å². The van der Waals surface area contributed by atoms with Gasteiger partial charge in [-0.15, -0.1) is 0 Å². The maximum atomic E-state index is 13.0. The smallest absolute Gasteiger partial charge is 0.282 e. The quantitative estimate of drug-likeness (QED) is 0.795. The van der Waals surface area contributed by atoms with Crippen LogP contribution in [0.1, 0.15) is 38.5 Å². The average Bonchev–Trinajstić information content (AvgIpc) is 3.16. The highest BCUT2D eigenvalue weighted by Crippen LogP contribution is 2.28. The van der Waals surface area contributed by atoms with E-state index < -0.39 is 10.2 Å². The van der Waals surface area contributed by atoms with Crippen LogP contribution >= 0.6 is 11.8 Å². The third-order valence-corrected chi connectivity index (χ3v) is 8.12. The number of hydrogen-bond donors (Lipinski definition) is 1. The Bertz CT molecular complexity index is 447. The molecule has 0 aromatic rings. The van der Waals surface area contributed by atoms with Gasteiger partial charge in [0.2, 0.25) is 0 Å². The van der Waals surface area contributed by atoms with Gasteiger partial charge in [-0.2, -0.15) is 28.8 Å². The lowest BCUT2D eigenvalue weighted by Crippen LogP contribution is -2.54. The maximum Gasteiger partial charge on any atom is 0.282 e. The molecule has 1 aliphatic carbocycles. The summed E-state index contributed by atoms with van der Waals surface area (Å²) in [6.45, 7) is 1.50. The van der Waals surface area contributed by atoms with E-state index in [1.165, 1.54) is 12.8 Å². The predicted octanol–water partition coefficient (Wildman–Crippen LogP) is 1.28. The van der Waals surface area contributed by atoms with Crippen molar-refractivity contribution < 1.29 is 8.42 Å². The molecule has 2 saturated heterocycles. The summed E-state index contributed by atoms with van der Waals surface area (Å²) in [7, 11) is -1.54. The zero-order valence-electron chi connectivity index (χ0n) is 12.8. The van der Waals surface area contributed by atoms with E-state index in [0.717, 1.165) is 43.7 Å². The Morgan fingerprint density at radius 1 is 1.24 bits per heavy atom. The number of nitrogens with zero attached hydrogens (tertiary/aromatic N) is 2. The molecule has 122 valence electrons. The molecule has 2 unspecified atom stereocenters. The molecule has 3 aliphatic rings. The third kappa shape index (κ3) is 3.75. The van der Waals surface area contributed by atoms with Gasteiger partial charge in [-0.05, 0) is 37.9 Å². The van der Waals surface area contributed by atoms with Crippen molar-refractivity contribution in [3.8, 4) is 0 Å². The van der Waals surface area contributed by atoms with Crippen LogP contribution in [0.2, 0.25) is 0 Å². The van der Waals surface area contributed by atoms with Crippen LogP contribution in [0.3, 0.4) is 0 Å². The van der Waals surface area contributed by atoms with Crippen molar-refractivity contribution in [3.05, 3.63) is 0 Å². The SMILES string of the molecule is CN(C1CCSC1)S(=O)(=O)N1CCCCC1CNC1CC1. The Morgan fingerprint density at radius 3 is 2.71 bits per heavy atom. The minimum atomic E-state index is -3.31. The summed E-state index contributed by atoms with van der Waals surface area (Å²) in [6.07, 6.45) is 6.61. The maximum absolute atomic E-state index is 13.0. The first-order chi connectivity index (χ1) is 10.1. The van der Waals surface area contributed by atoms with E-state index in [2.05, 4.69) is 5.32 Å². The third-order valence-electron chi connectivity index (χ3n) is 4.87. The van der Waals surface area contributed by atoms with Crippen molar-refractivity contribution in [3.63, 3.8) is 0 Å². The Hall–Kier alpha value is 0.180. The number of hydrogen-bond acceptors (Lipinski definition) is 4. The zero-order valence-corrected chi connectivity index (χ0v) is 14.5. The first-order valence-corrected chi connectivity index (χ1v) is 10.7. The standard InChI is InChI=1S/C14H27N3O2S2/c1-16(14-7-9-20-11-14)21(18,19)17-8-3-2-4-13(17)10-15-12-5-6-12/h12-15H,2-11H2,1H3. The minimum Gasteiger partial charge on any atom is -0.312 e. The summed E-state index contributed by atoms with van der Waals surface area (Å²) in [5, 5.41) is 3.51. The van der Waals surface area contributed by atoms with E-state index in [1.54, 1.807) is 15.7 Å². The Morgan fingerprint density at radius 2 is 2.05 bits per heavy atom. The fraction of sp³-hybridized carbons (Fsp3) is 1.00. The lowest BCUT2D eigenvalue weighted by Gasteiger charge is -2.38. The lowest BCUT2D eigenvalue weighted by atomic mass is 10.1. The van der Waals surface area contributed by atoms with Gasteiger partial charge in [0, 0.05) is 44.0 Å². The molecule has 0 aromatic heterocycles. The molecule has 0 radical (unpaired) electrons.